The zero-order chi connectivity index (χ0) is 12.6. The average Bonchev–Trinajstić information content (AvgIpc) is 2.33. The molecule has 0 aromatic heterocycles. The second-order valence-corrected chi connectivity index (χ2v) is 4.73. The van der Waals surface area contributed by atoms with Gasteiger partial charge in [-0.1, -0.05) is 47.5 Å². The molecule has 0 bridgehead atoms. The van der Waals surface area contributed by atoms with Crippen molar-refractivity contribution in [2.24, 2.45) is 5.73 Å². The normalized spacial score (nSPS) is 14.4. The molecule has 0 heterocycles. The van der Waals surface area contributed by atoms with Crippen LogP contribution in [0.5, 0.6) is 0 Å². The summed E-state index contributed by atoms with van der Waals surface area (Å²) in [4.78, 5) is 2.56. The second kappa shape index (κ2) is 8.08. The third kappa shape index (κ3) is 3.46. The SMILES string of the molecule is CCCCC(N)C(CC)(CC)N(CC)CC. The topological polar surface area (TPSA) is 29.3 Å². The van der Waals surface area contributed by atoms with E-state index in [0.717, 1.165) is 32.4 Å². The summed E-state index contributed by atoms with van der Waals surface area (Å²) in [5, 5.41) is 0. The van der Waals surface area contributed by atoms with Crippen molar-refractivity contribution in [1.29, 1.82) is 0 Å². The maximum absolute atomic E-state index is 6.47. The van der Waals surface area contributed by atoms with Crippen LogP contribution >= 0.6 is 0 Å². The zero-order valence-corrected chi connectivity index (χ0v) is 12.1. The Morgan fingerprint density at radius 1 is 1.00 bits per heavy atom. The van der Waals surface area contributed by atoms with Crippen molar-refractivity contribution in [1.82, 2.24) is 4.90 Å². The van der Waals surface area contributed by atoms with Crippen LogP contribution in [0.1, 0.15) is 66.7 Å². The molecule has 1 unspecified atom stereocenters. The van der Waals surface area contributed by atoms with Gasteiger partial charge in [-0.3, -0.25) is 4.90 Å². The Morgan fingerprint density at radius 3 is 1.81 bits per heavy atom. The molecule has 0 saturated heterocycles. The van der Waals surface area contributed by atoms with Crippen LogP contribution in [-0.2, 0) is 0 Å². The minimum Gasteiger partial charge on any atom is -0.326 e. The monoisotopic (exact) mass is 228 g/mol. The Kier molecular flexibility index (Phi) is 8.04. The van der Waals surface area contributed by atoms with Crippen LogP contribution in [0, 0.1) is 0 Å². The molecule has 2 heteroatoms. The number of hydrogen-bond acceptors (Lipinski definition) is 2. The molecule has 0 rings (SSSR count). The molecule has 0 radical (unpaired) electrons. The van der Waals surface area contributed by atoms with E-state index < -0.39 is 0 Å². The van der Waals surface area contributed by atoms with Crippen LogP contribution in [0.15, 0.2) is 0 Å². The maximum atomic E-state index is 6.47. The van der Waals surface area contributed by atoms with E-state index in [0.29, 0.717) is 6.04 Å². The molecule has 0 aliphatic heterocycles. The first-order valence-corrected chi connectivity index (χ1v) is 7.13. The van der Waals surface area contributed by atoms with E-state index in [1.807, 2.05) is 0 Å². The number of nitrogens with zero attached hydrogens (tertiary/aromatic N) is 1. The molecule has 0 saturated carbocycles. The molecule has 0 aliphatic carbocycles. The highest BCUT2D eigenvalue weighted by molar-refractivity contribution is 4.96. The summed E-state index contributed by atoms with van der Waals surface area (Å²) in [5.74, 6) is 0. The molecule has 2 N–H and O–H groups in total. The molecule has 1 atom stereocenters. The molecule has 0 amide bonds. The quantitative estimate of drug-likeness (QED) is 0.655. The molecule has 16 heavy (non-hydrogen) atoms. The van der Waals surface area contributed by atoms with Crippen LogP contribution in [0.4, 0.5) is 0 Å². The fourth-order valence-corrected chi connectivity index (χ4v) is 3.00. The Labute approximate surface area is 103 Å². The van der Waals surface area contributed by atoms with Gasteiger partial charge < -0.3 is 5.73 Å². The molecule has 2 nitrogen and oxygen atoms in total. The first kappa shape index (κ1) is 15.9. The number of rotatable bonds is 9. The summed E-state index contributed by atoms with van der Waals surface area (Å²) in [6.45, 7) is 13.5. The van der Waals surface area contributed by atoms with Crippen molar-refractivity contribution in [2.45, 2.75) is 78.3 Å². The standard InChI is InChI=1S/C14H32N2/c1-6-11-12-13(15)14(7-2,8-3)16(9-4)10-5/h13H,6-12,15H2,1-5H3. The van der Waals surface area contributed by atoms with E-state index in [1.165, 1.54) is 12.8 Å². The van der Waals surface area contributed by atoms with Crippen LogP contribution < -0.4 is 5.73 Å². The number of likely N-dealkylation sites (N-methyl/N-ethyl adjacent to an activating group) is 1. The van der Waals surface area contributed by atoms with E-state index in [9.17, 15) is 0 Å². The highest BCUT2D eigenvalue weighted by Gasteiger charge is 2.37. The van der Waals surface area contributed by atoms with E-state index in [1.54, 1.807) is 0 Å². The lowest BCUT2D eigenvalue weighted by molar-refractivity contribution is 0.0592. The lowest BCUT2D eigenvalue weighted by Crippen LogP contribution is -2.59. The van der Waals surface area contributed by atoms with Gasteiger partial charge >= 0.3 is 0 Å². The Balaban J connectivity index is 4.76. The molecular formula is C14H32N2. The fraction of sp³-hybridized carbons (Fsp3) is 1.00. The zero-order valence-electron chi connectivity index (χ0n) is 12.1. The molecule has 0 aliphatic rings. The third-order valence-corrected chi connectivity index (χ3v) is 4.18. The Morgan fingerprint density at radius 2 is 1.50 bits per heavy atom. The van der Waals surface area contributed by atoms with Crippen molar-refractivity contribution in [3.05, 3.63) is 0 Å². The minimum absolute atomic E-state index is 0.221. The van der Waals surface area contributed by atoms with Crippen LogP contribution in [-0.4, -0.2) is 29.6 Å². The molecule has 0 aromatic carbocycles. The third-order valence-electron chi connectivity index (χ3n) is 4.18. The highest BCUT2D eigenvalue weighted by atomic mass is 15.2. The van der Waals surface area contributed by atoms with E-state index >= 15 is 0 Å². The van der Waals surface area contributed by atoms with Gasteiger partial charge in [-0.25, -0.2) is 0 Å². The average molecular weight is 228 g/mol. The molecule has 0 fully saturated rings. The summed E-state index contributed by atoms with van der Waals surface area (Å²) in [6, 6.07) is 0.322. The first-order valence-electron chi connectivity index (χ1n) is 7.13. The van der Waals surface area contributed by atoms with Crippen molar-refractivity contribution < 1.29 is 0 Å². The molecular weight excluding hydrogens is 196 g/mol. The summed E-state index contributed by atoms with van der Waals surface area (Å²) in [7, 11) is 0. The highest BCUT2D eigenvalue weighted by Crippen LogP contribution is 2.29. The van der Waals surface area contributed by atoms with Gasteiger partial charge in [0.15, 0.2) is 0 Å². The summed E-state index contributed by atoms with van der Waals surface area (Å²) in [5.41, 5.74) is 6.69. The van der Waals surface area contributed by atoms with Gasteiger partial charge in [0, 0.05) is 11.6 Å². The smallest absolute Gasteiger partial charge is 0.0354 e. The van der Waals surface area contributed by atoms with Gasteiger partial charge in [-0.15, -0.1) is 0 Å². The van der Waals surface area contributed by atoms with Crippen LogP contribution in [0.25, 0.3) is 0 Å². The van der Waals surface area contributed by atoms with Crippen LogP contribution in [0.3, 0.4) is 0 Å². The number of hydrogen-bond donors (Lipinski definition) is 1. The van der Waals surface area contributed by atoms with Crippen molar-refractivity contribution >= 4 is 0 Å². The van der Waals surface area contributed by atoms with Gasteiger partial charge in [0.2, 0.25) is 0 Å². The lowest BCUT2D eigenvalue weighted by atomic mass is 9.80. The van der Waals surface area contributed by atoms with E-state index in [4.69, 9.17) is 5.73 Å². The predicted molar refractivity (Wildman–Crippen MR) is 73.7 cm³/mol. The molecule has 0 spiro atoms. The number of unbranched alkanes of at least 4 members (excludes halogenated alkanes) is 1. The van der Waals surface area contributed by atoms with Gasteiger partial charge in [0.1, 0.15) is 0 Å². The van der Waals surface area contributed by atoms with Crippen molar-refractivity contribution in [3.63, 3.8) is 0 Å². The van der Waals surface area contributed by atoms with Gasteiger partial charge in [-0.2, -0.15) is 0 Å². The van der Waals surface area contributed by atoms with Gasteiger partial charge in [-0.05, 0) is 32.4 Å². The molecule has 98 valence electrons. The molecule has 0 aromatic rings. The first-order chi connectivity index (χ1) is 7.62. The second-order valence-electron chi connectivity index (χ2n) is 4.73. The fourth-order valence-electron chi connectivity index (χ4n) is 3.00. The minimum atomic E-state index is 0.221. The summed E-state index contributed by atoms with van der Waals surface area (Å²) >= 11 is 0. The maximum Gasteiger partial charge on any atom is 0.0354 e. The largest absolute Gasteiger partial charge is 0.326 e. The lowest BCUT2D eigenvalue weighted by Gasteiger charge is -2.46. The predicted octanol–water partition coefficient (Wildman–Crippen LogP) is 3.40. The summed E-state index contributed by atoms with van der Waals surface area (Å²) < 4.78 is 0. The van der Waals surface area contributed by atoms with Crippen molar-refractivity contribution in [3.8, 4) is 0 Å². The van der Waals surface area contributed by atoms with Crippen LogP contribution in [0.2, 0.25) is 0 Å². The number of nitrogens with two attached hydrogens (primary N) is 1. The van der Waals surface area contributed by atoms with Crippen molar-refractivity contribution in [2.75, 3.05) is 13.1 Å². The van der Waals surface area contributed by atoms with E-state index in [-0.39, 0.29) is 5.54 Å². The Bertz CT molecular complexity index is 160. The van der Waals surface area contributed by atoms with E-state index in [2.05, 4.69) is 39.5 Å². The summed E-state index contributed by atoms with van der Waals surface area (Å²) in [6.07, 6.45) is 5.99. The van der Waals surface area contributed by atoms with Gasteiger partial charge in [0.25, 0.3) is 0 Å². The van der Waals surface area contributed by atoms with Gasteiger partial charge in [0.05, 0.1) is 0 Å². The Hall–Kier alpha value is -0.0800.